The highest BCUT2D eigenvalue weighted by Gasteiger charge is 2.07. The van der Waals surface area contributed by atoms with Crippen LogP contribution in [-0.4, -0.2) is 7.11 Å². The van der Waals surface area contributed by atoms with E-state index in [-0.39, 0.29) is 0 Å². The summed E-state index contributed by atoms with van der Waals surface area (Å²) in [6, 6.07) is 18.4. The number of aryl methyl sites for hydroxylation is 1. The second-order valence-corrected chi connectivity index (χ2v) is 6.03. The lowest BCUT2D eigenvalue weighted by molar-refractivity contribution is 0.305. The van der Waals surface area contributed by atoms with Gasteiger partial charge in [-0.2, -0.15) is 0 Å². The first kappa shape index (κ1) is 14.9. The fourth-order valence-electron chi connectivity index (χ4n) is 2.33. The maximum Gasteiger partial charge on any atom is 0.134 e. The van der Waals surface area contributed by atoms with E-state index in [1.807, 2.05) is 30.3 Å². The van der Waals surface area contributed by atoms with Crippen LogP contribution in [0, 0.1) is 6.92 Å². The third-order valence-corrected chi connectivity index (χ3v) is 4.46. The summed E-state index contributed by atoms with van der Waals surface area (Å²) in [5.74, 6) is 1.70. The highest BCUT2D eigenvalue weighted by molar-refractivity contribution is 9.10. The molecule has 0 aliphatic rings. The van der Waals surface area contributed by atoms with Crippen LogP contribution in [0.3, 0.4) is 0 Å². The van der Waals surface area contributed by atoms with E-state index in [2.05, 4.69) is 47.1 Å². The zero-order valence-corrected chi connectivity index (χ0v) is 14.2. The molecular formula is C19H17BrO2. The number of benzene rings is 3. The first-order valence-electron chi connectivity index (χ1n) is 7.12. The monoisotopic (exact) mass is 356 g/mol. The number of hydrogen-bond donors (Lipinski definition) is 0. The average molecular weight is 357 g/mol. The van der Waals surface area contributed by atoms with Gasteiger partial charge in [-0.25, -0.2) is 0 Å². The Morgan fingerprint density at radius 3 is 2.45 bits per heavy atom. The van der Waals surface area contributed by atoms with E-state index in [9.17, 15) is 0 Å². The van der Waals surface area contributed by atoms with Crippen LogP contribution in [0.15, 0.2) is 59.1 Å². The number of fused-ring (bicyclic) bond motifs is 1. The lowest BCUT2D eigenvalue weighted by Crippen LogP contribution is -1.96. The van der Waals surface area contributed by atoms with E-state index >= 15 is 0 Å². The smallest absolute Gasteiger partial charge is 0.134 e. The first-order chi connectivity index (χ1) is 10.7. The predicted octanol–water partition coefficient (Wildman–Crippen LogP) is 5.50. The summed E-state index contributed by atoms with van der Waals surface area (Å²) in [6.07, 6.45) is 0. The Morgan fingerprint density at radius 1 is 0.955 bits per heavy atom. The van der Waals surface area contributed by atoms with Gasteiger partial charge in [0.2, 0.25) is 0 Å². The van der Waals surface area contributed by atoms with Crippen LogP contribution in [0.5, 0.6) is 11.5 Å². The molecule has 0 aromatic heterocycles. The summed E-state index contributed by atoms with van der Waals surface area (Å²) >= 11 is 3.65. The Labute approximate surface area is 138 Å². The highest BCUT2D eigenvalue weighted by Crippen LogP contribution is 2.35. The predicted molar refractivity (Wildman–Crippen MR) is 93.7 cm³/mol. The van der Waals surface area contributed by atoms with Crippen LogP contribution in [-0.2, 0) is 6.61 Å². The lowest BCUT2D eigenvalue weighted by Gasteiger charge is -2.11. The molecule has 3 heteroatoms. The molecule has 3 rings (SSSR count). The van der Waals surface area contributed by atoms with E-state index in [1.165, 1.54) is 5.56 Å². The van der Waals surface area contributed by atoms with Crippen LogP contribution in [0.1, 0.15) is 11.1 Å². The third kappa shape index (κ3) is 3.09. The average Bonchev–Trinajstić information content (AvgIpc) is 2.55. The molecule has 0 amide bonds. The van der Waals surface area contributed by atoms with Crippen molar-refractivity contribution in [1.82, 2.24) is 0 Å². The Hall–Kier alpha value is -2.00. The van der Waals surface area contributed by atoms with Crippen LogP contribution < -0.4 is 9.47 Å². The number of ether oxygens (including phenoxy) is 2. The molecule has 0 aliphatic carbocycles. The lowest BCUT2D eigenvalue weighted by atomic mass is 10.1. The molecule has 3 aromatic carbocycles. The van der Waals surface area contributed by atoms with E-state index < -0.39 is 0 Å². The largest absolute Gasteiger partial charge is 0.497 e. The van der Waals surface area contributed by atoms with E-state index in [0.717, 1.165) is 32.3 Å². The molecular weight excluding hydrogens is 340 g/mol. The van der Waals surface area contributed by atoms with Gasteiger partial charge in [-0.15, -0.1) is 0 Å². The van der Waals surface area contributed by atoms with Gasteiger partial charge < -0.3 is 9.47 Å². The zero-order valence-electron chi connectivity index (χ0n) is 12.6. The Balaban J connectivity index is 1.85. The Bertz CT molecular complexity index is 794. The number of rotatable bonds is 4. The van der Waals surface area contributed by atoms with Crippen molar-refractivity contribution in [2.75, 3.05) is 7.11 Å². The Morgan fingerprint density at radius 2 is 1.73 bits per heavy atom. The summed E-state index contributed by atoms with van der Waals surface area (Å²) in [5.41, 5.74) is 2.41. The van der Waals surface area contributed by atoms with Gasteiger partial charge in [-0.3, -0.25) is 0 Å². The van der Waals surface area contributed by atoms with Crippen molar-refractivity contribution in [3.8, 4) is 11.5 Å². The summed E-state index contributed by atoms with van der Waals surface area (Å²) in [7, 11) is 1.68. The third-order valence-electron chi connectivity index (χ3n) is 3.64. The quantitative estimate of drug-likeness (QED) is 0.614. The van der Waals surface area contributed by atoms with E-state index in [1.54, 1.807) is 7.11 Å². The maximum absolute atomic E-state index is 5.95. The van der Waals surface area contributed by atoms with Crippen LogP contribution in [0.4, 0.5) is 0 Å². The van der Waals surface area contributed by atoms with Gasteiger partial charge >= 0.3 is 0 Å². The Kier molecular flexibility index (Phi) is 4.34. The van der Waals surface area contributed by atoms with Gasteiger partial charge in [0.25, 0.3) is 0 Å². The zero-order chi connectivity index (χ0) is 15.5. The fourth-order valence-corrected chi connectivity index (χ4v) is 2.94. The molecule has 0 saturated heterocycles. The molecule has 0 N–H and O–H groups in total. The van der Waals surface area contributed by atoms with Crippen molar-refractivity contribution < 1.29 is 9.47 Å². The minimum atomic E-state index is 0.556. The summed E-state index contributed by atoms with van der Waals surface area (Å²) in [4.78, 5) is 0. The van der Waals surface area contributed by atoms with Crippen molar-refractivity contribution in [3.05, 3.63) is 70.2 Å². The number of methoxy groups -OCH3 is 1. The molecule has 22 heavy (non-hydrogen) atoms. The SMILES string of the molecule is COc1ccc2c(Br)c(OCc3ccc(C)cc3)ccc2c1. The molecule has 2 nitrogen and oxygen atoms in total. The minimum Gasteiger partial charge on any atom is -0.497 e. The standard InChI is InChI=1S/C19H17BrO2/c1-13-3-5-14(6-4-13)12-22-18-10-7-15-11-16(21-2)8-9-17(15)19(18)20/h3-11H,12H2,1-2H3. The highest BCUT2D eigenvalue weighted by atomic mass is 79.9. The second kappa shape index (κ2) is 6.41. The van der Waals surface area contributed by atoms with Crippen molar-refractivity contribution in [3.63, 3.8) is 0 Å². The molecule has 0 radical (unpaired) electrons. The molecule has 0 heterocycles. The van der Waals surface area contributed by atoms with Crippen molar-refractivity contribution in [2.45, 2.75) is 13.5 Å². The molecule has 112 valence electrons. The number of hydrogen-bond acceptors (Lipinski definition) is 2. The van der Waals surface area contributed by atoms with Gasteiger partial charge in [-0.1, -0.05) is 35.9 Å². The molecule has 0 aliphatic heterocycles. The molecule has 0 spiro atoms. The van der Waals surface area contributed by atoms with Crippen molar-refractivity contribution in [2.24, 2.45) is 0 Å². The topological polar surface area (TPSA) is 18.5 Å². The van der Waals surface area contributed by atoms with Gasteiger partial charge in [0.05, 0.1) is 11.6 Å². The molecule has 0 fully saturated rings. The van der Waals surface area contributed by atoms with Gasteiger partial charge in [0.1, 0.15) is 18.1 Å². The van der Waals surface area contributed by atoms with Gasteiger partial charge in [-0.05, 0) is 63.5 Å². The maximum atomic E-state index is 5.95. The molecule has 0 unspecified atom stereocenters. The van der Waals surface area contributed by atoms with E-state index in [4.69, 9.17) is 9.47 Å². The number of halogens is 1. The van der Waals surface area contributed by atoms with Crippen LogP contribution in [0.2, 0.25) is 0 Å². The summed E-state index contributed by atoms with van der Waals surface area (Å²) in [6.45, 7) is 2.64. The second-order valence-electron chi connectivity index (χ2n) is 5.24. The fraction of sp³-hybridized carbons (Fsp3) is 0.158. The summed E-state index contributed by atoms with van der Waals surface area (Å²) < 4.78 is 12.2. The minimum absolute atomic E-state index is 0.556. The molecule has 0 bridgehead atoms. The van der Waals surface area contributed by atoms with E-state index in [0.29, 0.717) is 6.61 Å². The first-order valence-corrected chi connectivity index (χ1v) is 7.91. The molecule has 0 atom stereocenters. The van der Waals surface area contributed by atoms with Crippen molar-refractivity contribution >= 4 is 26.7 Å². The van der Waals surface area contributed by atoms with Crippen LogP contribution in [0.25, 0.3) is 10.8 Å². The van der Waals surface area contributed by atoms with Crippen molar-refractivity contribution in [1.29, 1.82) is 0 Å². The summed E-state index contributed by atoms with van der Waals surface area (Å²) in [5, 5.41) is 2.23. The molecule has 0 saturated carbocycles. The van der Waals surface area contributed by atoms with Gasteiger partial charge in [0.15, 0.2) is 0 Å². The van der Waals surface area contributed by atoms with Crippen LogP contribution >= 0.6 is 15.9 Å². The van der Waals surface area contributed by atoms with Gasteiger partial charge in [0, 0.05) is 0 Å². The normalized spacial score (nSPS) is 10.7. The molecule has 3 aromatic rings.